The predicted molar refractivity (Wildman–Crippen MR) is 107 cm³/mol. The normalized spacial score (nSPS) is 14.8. The number of piperidine rings is 1. The van der Waals surface area contributed by atoms with Gasteiger partial charge < -0.3 is 10.2 Å². The van der Waals surface area contributed by atoms with Crippen LogP contribution in [0.15, 0.2) is 48.5 Å². The third-order valence-corrected chi connectivity index (χ3v) is 5.05. The summed E-state index contributed by atoms with van der Waals surface area (Å²) < 4.78 is 0. The number of anilines is 2. The monoisotopic (exact) mass is 367 g/mol. The van der Waals surface area contributed by atoms with Gasteiger partial charge in [-0.25, -0.2) is 0 Å². The van der Waals surface area contributed by atoms with Crippen LogP contribution in [0.1, 0.15) is 31.7 Å². The summed E-state index contributed by atoms with van der Waals surface area (Å²) >= 11 is 0. The van der Waals surface area contributed by atoms with Crippen molar-refractivity contribution in [1.29, 1.82) is 0 Å². The molecule has 1 fully saturated rings. The van der Waals surface area contributed by atoms with Crippen molar-refractivity contribution in [3.8, 4) is 0 Å². The highest BCUT2D eigenvalue weighted by Gasteiger charge is 2.28. The van der Waals surface area contributed by atoms with Crippen LogP contribution in [0.3, 0.4) is 0 Å². The number of amides is 1. The number of nitro benzene ring substituents is 1. The quantitative estimate of drug-likeness (QED) is 0.606. The molecule has 6 nitrogen and oxygen atoms in total. The van der Waals surface area contributed by atoms with Gasteiger partial charge in [0.1, 0.15) is 5.69 Å². The van der Waals surface area contributed by atoms with Crippen LogP contribution >= 0.6 is 0 Å². The van der Waals surface area contributed by atoms with E-state index in [9.17, 15) is 14.9 Å². The SMILES string of the molecule is CCCc1ccc(NC(=O)C2CCN(c3ccccc3[N+](=O)[O-])CC2)cc1. The Morgan fingerprint density at radius 2 is 1.81 bits per heavy atom. The van der Waals surface area contributed by atoms with Crippen molar-refractivity contribution in [3.63, 3.8) is 0 Å². The van der Waals surface area contributed by atoms with E-state index in [2.05, 4.69) is 24.4 Å². The summed E-state index contributed by atoms with van der Waals surface area (Å²) in [6.07, 6.45) is 3.51. The Balaban J connectivity index is 1.57. The van der Waals surface area contributed by atoms with Gasteiger partial charge in [0.2, 0.25) is 5.91 Å². The van der Waals surface area contributed by atoms with Crippen molar-refractivity contribution in [2.45, 2.75) is 32.6 Å². The van der Waals surface area contributed by atoms with E-state index in [-0.39, 0.29) is 22.4 Å². The fraction of sp³-hybridized carbons (Fsp3) is 0.381. The lowest BCUT2D eigenvalue weighted by atomic mass is 9.95. The maximum atomic E-state index is 12.6. The van der Waals surface area contributed by atoms with Crippen LogP contribution in [0.4, 0.5) is 17.1 Å². The topological polar surface area (TPSA) is 75.5 Å². The maximum Gasteiger partial charge on any atom is 0.292 e. The summed E-state index contributed by atoms with van der Waals surface area (Å²) in [6.45, 7) is 3.42. The molecule has 1 N–H and O–H groups in total. The standard InChI is InChI=1S/C21H25N3O3/c1-2-5-16-8-10-18(11-9-16)22-21(25)17-12-14-23(15-13-17)19-6-3-4-7-20(19)24(26)27/h3-4,6-11,17H,2,5,12-15H2,1H3,(H,22,25). The number of nitrogens with zero attached hydrogens (tertiary/aromatic N) is 2. The van der Waals surface area contributed by atoms with Crippen LogP contribution in [0.5, 0.6) is 0 Å². The lowest BCUT2D eigenvalue weighted by Gasteiger charge is -2.32. The maximum absolute atomic E-state index is 12.6. The molecule has 2 aromatic rings. The number of carbonyl (C=O) groups is 1. The van der Waals surface area contributed by atoms with Gasteiger partial charge in [-0.1, -0.05) is 37.6 Å². The van der Waals surface area contributed by atoms with Crippen LogP contribution < -0.4 is 10.2 Å². The highest BCUT2D eigenvalue weighted by atomic mass is 16.6. The fourth-order valence-electron chi connectivity index (χ4n) is 3.56. The molecule has 0 saturated carbocycles. The Hall–Kier alpha value is -2.89. The first-order valence-corrected chi connectivity index (χ1v) is 9.46. The second kappa shape index (κ2) is 8.66. The van der Waals surface area contributed by atoms with Gasteiger partial charge in [0.05, 0.1) is 4.92 Å². The van der Waals surface area contributed by atoms with E-state index >= 15 is 0 Å². The van der Waals surface area contributed by atoms with Gasteiger partial charge in [-0.3, -0.25) is 14.9 Å². The van der Waals surface area contributed by atoms with Crippen molar-refractivity contribution >= 4 is 23.0 Å². The molecule has 142 valence electrons. The summed E-state index contributed by atoms with van der Waals surface area (Å²) in [5, 5.41) is 14.2. The van der Waals surface area contributed by atoms with Crippen LogP contribution in [0.25, 0.3) is 0 Å². The predicted octanol–water partition coefficient (Wildman–Crippen LogP) is 4.40. The third-order valence-electron chi connectivity index (χ3n) is 5.05. The molecular formula is C21H25N3O3. The molecule has 6 heteroatoms. The van der Waals surface area contributed by atoms with Crippen molar-refractivity contribution in [2.24, 2.45) is 5.92 Å². The minimum atomic E-state index is -0.351. The summed E-state index contributed by atoms with van der Waals surface area (Å²) in [5.41, 5.74) is 2.84. The highest BCUT2D eigenvalue weighted by Crippen LogP contribution is 2.31. The molecule has 1 aliphatic heterocycles. The summed E-state index contributed by atoms with van der Waals surface area (Å²) in [4.78, 5) is 25.4. The number of hydrogen-bond donors (Lipinski definition) is 1. The molecular weight excluding hydrogens is 342 g/mol. The second-order valence-electron chi connectivity index (χ2n) is 6.94. The minimum absolute atomic E-state index is 0.0282. The molecule has 0 spiro atoms. The number of hydrogen-bond acceptors (Lipinski definition) is 4. The molecule has 2 aromatic carbocycles. The summed E-state index contributed by atoms with van der Waals surface area (Å²) in [5.74, 6) is -0.0419. The van der Waals surface area contributed by atoms with Crippen molar-refractivity contribution < 1.29 is 9.72 Å². The van der Waals surface area contributed by atoms with Crippen molar-refractivity contribution in [1.82, 2.24) is 0 Å². The molecule has 1 amide bonds. The van der Waals surface area contributed by atoms with Crippen molar-refractivity contribution in [3.05, 3.63) is 64.2 Å². The van der Waals surface area contributed by atoms with Gasteiger partial charge >= 0.3 is 0 Å². The zero-order chi connectivity index (χ0) is 19.2. The van der Waals surface area contributed by atoms with E-state index in [0.717, 1.165) is 18.5 Å². The molecule has 1 heterocycles. The Morgan fingerprint density at radius 1 is 1.15 bits per heavy atom. The number of para-hydroxylation sites is 2. The van der Waals surface area contributed by atoms with Crippen molar-refractivity contribution in [2.75, 3.05) is 23.3 Å². The molecule has 27 heavy (non-hydrogen) atoms. The number of carbonyl (C=O) groups excluding carboxylic acids is 1. The lowest BCUT2D eigenvalue weighted by Crippen LogP contribution is -2.38. The minimum Gasteiger partial charge on any atom is -0.366 e. The number of aryl methyl sites for hydroxylation is 1. The van der Waals surface area contributed by atoms with E-state index in [1.807, 2.05) is 23.1 Å². The first-order valence-electron chi connectivity index (χ1n) is 9.46. The summed E-state index contributed by atoms with van der Waals surface area (Å²) in [7, 11) is 0. The van der Waals surface area contributed by atoms with E-state index in [1.54, 1.807) is 12.1 Å². The summed E-state index contributed by atoms with van der Waals surface area (Å²) in [6, 6.07) is 14.8. The lowest BCUT2D eigenvalue weighted by molar-refractivity contribution is -0.384. The van der Waals surface area contributed by atoms with Crippen LogP contribution in [-0.4, -0.2) is 23.9 Å². The highest BCUT2D eigenvalue weighted by molar-refractivity contribution is 5.92. The number of nitrogens with one attached hydrogen (secondary N) is 1. The molecule has 0 atom stereocenters. The molecule has 0 aliphatic carbocycles. The molecule has 1 saturated heterocycles. The smallest absolute Gasteiger partial charge is 0.292 e. The van der Waals surface area contributed by atoms with Gasteiger partial charge in [-0.15, -0.1) is 0 Å². The number of rotatable bonds is 6. The average Bonchev–Trinajstić information content (AvgIpc) is 2.70. The number of benzene rings is 2. The Kier molecular flexibility index (Phi) is 6.06. The van der Waals surface area contributed by atoms with Gasteiger partial charge in [0.15, 0.2) is 0 Å². The Labute approximate surface area is 159 Å². The molecule has 0 aromatic heterocycles. The van der Waals surface area contributed by atoms with E-state index in [0.29, 0.717) is 31.6 Å². The zero-order valence-corrected chi connectivity index (χ0v) is 15.6. The van der Waals surface area contributed by atoms with Crippen LogP contribution in [0, 0.1) is 16.0 Å². The average molecular weight is 367 g/mol. The largest absolute Gasteiger partial charge is 0.366 e. The molecule has 0 unspecified atom stereocenters. The van der Waals surface area contributed by atoms with Gasteiger partial charge in [0, 0.05) is 30.8 Å². The molecule has 0 bridgehead atoms. The first kappa shape index (κ1) is 18.9. The molecule has 1 aliphatic rings. The molecule has 0 radical (unpaired) electrons. The zero-order valence-electron chi connectivity index (χ0n) is 15.6. The third kappa shape index (κ3) is 4.64. The second-order valence-corrected chi connectivity index (χ2v) is 6.94. The van der Waals surface area contributed by atoms with E-state index < -0.39 is 0 Å². The van der Waals surface area contributed by atoms with E-state index in [1.165, 1.54) is 11.6 Å². The Bertz CT molecular complexity index is 797. The van der Waals surface area contributed by atoms with Crippen LogP contribution in [0.2, 0.25) is 0 Å². The Morgan fingerprint density at radius 3 is 2.44 bits per heavy atom. The van der Waals surface area contributed by atoms with Gasteiger partial charge in [-0.05, 0) is 43.0 Å². The first-order chi connectivity index (χ1) is 13.1. The van der Waals surface area contributed by atoms with Crippen LogP contribution in [-0.2, 0) is 11.2 Å². The van der Waals surface area contributed by atoms with Gasteiger partial charge in [-0.2, -0.15) is 0 Å². The fourth-order valence-corrected chi connectivity index (χ4v) is 3.56. The molecule has 3 rings (SSSR count). The number of nitro groups is 1. The van der Waals surface area contributed by atoms with E-state index in [4.69, 9.17) is 0 Å². The van der Waals surface area contributed by atoms with Gasteiger partial charge in [0.25, 0.3) is 5.69 Å².